The second-order valence-electron chi connectivity index (χ2n) is 5.18. The van der Waals surface area contributed by atoms with E-state index in [0.29, 0.717) is 11.5 Å². The third-order valence-corrected chi connectivity index (χ3v) is 4.32. The Morgan fingerprint density at radius 1 is 1.21 bits per heavy atom. The predicted octanol–water partition coefficient (Wildman–Crippen LogP) is 1.84. The molecule has 1 aliphatic rings. The Balaban J connectivity index is 2.43. The summed E-state index contributed by atoms with van der Waals surface area (Å²) < 4.78 is 10.6. The van der Waals surface area contributed by atoms with E-state index in [4.69, 9.17) is 15.2 Å². The molecule has 3 N–H and O–H groups in total. The summed E-state index contributed by atoms with van der Waals surface area (Å²) in [5.74, 6) is 1.41. The van der Waals surface area contributed by atoms with Crippen molar-refractivity contribution in [1.29, 1.82) is 0 Å². The van der Waals surface area contributed by atoms with Crippen LogP contribution in [-0.4, -0.2) is 32.0 Å². The molecular weight excluding hydrogens is 242 g/mol. The van der Waals surface area contributed by atoms with E-state index in [1.807, 2.05) is 18.2 Å². The summed E-state index contributed by atoms with van der Waals surface area (Å²) >= 11 is 0. The van der Waals surface area contributed by atoms with Gasteiger partial charge in [-0.15, -0.1) is 0 Å². The average molecular weight is 265 g/mol. The fourth-order valence-electron chi connectivity index (χ4n) is 3.19. The van der Waals surface area contributed by atoms with Crippen molar-refractivity contribution in [3.8, 4) is 11.5 Å². The molecule has 1 aromatic rings. The van der Waals surface area contributed by atoms with Gasteiger partial charge in [-0.25, -0.2) is 0 Å². The predicted molar refractivity (Wildman–Crippen MR) is 74.8 cm³/mol. The molecule has 0 heterocycles. The Morgan fingerprint density at radius 2 is 1.84 bits per heavy atom. The van der Waals surface area contributed by atoms with Crippen LogP contribution in [0.15, 0.2) is 18.2 Å². The summed E-state index contributed by atoms with van der Waals surface area (Å²) in [4.78, 5) is 0. The van der Waals surface area contributed by atoms with Crippen LogP contribution in [-0.2, 0) is 5.41 Å². The maximum atomic E-state index is 10.4. The van der Waals surface area contributed by atoms with Crippen LogP contribution < -0.4 is 15.2 Å². The minimum atomic E-state index is -0.506. The fourth-order valence-corrected chi connectivity index (χ4v) is 3.19. The molecule has 1 aromatic carbocycles. The molecule has 1 aliphatic carbocycles. The minimum absolute atomic E-state index is 0.228. The lowest BCUT2D eigenvalue weighted by molar-refractivity contribution is 0.0897. The molecule has 2 rings (SSSR count). The van der Waals surface area contributed by atoms with Crippen LogP contribution >= 0.6 is 0 Å². The molecule has 0 bridgehead atoms. The summed E-state index contributed by atoms with van der Waals surface area (Å²) in [5, 5.41) is 10.4. The summed E-state index contributed by atoms with van der Waals surface area (Å²) in [6.45, 7) is 0.286. The number of benzene rings is 1. The van der Waals surface area contributed by atoms with E-state index in [2.05, 4.69) is 0 Å². The number of hydrogen-bond acceptors (Lipinski definition) is 4. The highest BCUT2D eigenvalue weighted by Gasteiger charge is 2.41. The highest BCUT2D eigenvalue weighted by molar-refractivity contribution is 5.46. The first-order valence-corrected chi connectivity index (χ1v) is 6.78. The number of rotatable bonds is 5. The van der Waals surface area contributed by atoms with Gasteiger partial charge in [-0.3, -0.25) is 0 Å². The van der Waals surface area contributed by atoms with Gasteiger partial charge in [0.2, 0.25) is 0 Å². The zero-order chi connectivity index (χ0) is 13.9. The molecule has 0 unspecified atom stereocenters. The van der Waals surface area contributed by atoms with Gasteiger partial charge in [0.15, 0.2) is 11.5 Å². The van der Waals surface area contributed by atoms with Crippen LogP contribution in [0.3, 0.4) is 0 Å². The Labute approximate surface area is 114 Å². The minimum Gasteiger partial charge on any atom is -0.493 e. The van der Waals surface area contributed by atoms with Gasteiger partial charge in [-0.1, -0.05) is 18.9 Å². The molecule has 4 heteroatoms. The quantitative estimate of drug-likeness (QED) is 0.852. The Bertz CT molecular complexity index is 427. The van der Waals surface area contributed by atoms with Crippen molar-refractivity contribution >= 4 is 0 Å². The van der Waals surface area contributed by atoms with E-state index in [0.717, 1.165) is 31.2 Å². The van der Waals surface area contributed by atoms with Gasteiger partial charge >= 0.3 is 0 Å². The maximum Gasteiger partial charge on any atom is 0.161 e. The first-order valence-electron chi connectivity index (χ1n) is 6.78. The molecule has 106 valence electrons. The number of ether oxygens (including phenoxy) is 2. The molecule has 0 amide bonds. The van der Waals surface area contributed by atoms with Crippen LogP contribution in [0, 0.1) is 0 Å². The normalized spacial score (nSPS) is 19.2. The highest BCUT2D eigenvalue weighted by Crippen LogP contribution is 2.45. The van der Waals surface area contributed by atoms with E-state index in [1.165, 1.54) is 0 Å². The molecule has 1 saturated carbocycles. The standard InChI is InChI=1S/C15H23NO3/c1-18-12-6-5-11(9-13(12)19-2)15(14(17)10-16)7-3-4-8-15/h5-6,9,14,17H,3-4,7-8,10,16H2,1-2H3/t14-/m1/s1. The van der Waals surface area contributed by atoms with E-state index >= 15 is 0 Å². The van der Waals surface area contributed by atoms with Crippen molar-refractivity contribution in [3.63, 3.8) is 0 Å². The largest absolute Gasteiger partial charge is 0.493 e. The summed E-state index contributed by atoms with van der Waals surface area (Å²) in [6.07, 6.45) is 3.70. The molecule has 1 fully saturated rings. The Hall–Kier alpha value is -1.26. The molecule has 0 saturated heterocycles. The second kappa shape index (κ2) is 5.80. The molecule has 0 radical (unpaired) electrons. The van der Waals surface area contributed by atoms with E-state index in [-0.39, 0.29) is 12.0 Å². The summed E-state index contributed by atoms with van der Waals surface area (Å²) in [6, 6.07) is 5.89. The van der Waals surface area contributed by atoms with Crippen LogP contribution in [0.5, 0.6) is 11.5 Å². The first kappa shape index (κ1) is 14.2. The maximum absolute atomic E-state index is 10.4. The smallest absolute Gasteiger partial charge is 0.161 e. The van der Waals surface area contributed by atoms with Gasteiger partial charge in [0.05, 0.1) is 20.3 Å². The van der Waals surface area contributed by atoms with Gasteiger partial charge in [0, 0.05) is 12.0 Å². The number of methoxy groups -OCH3 is 2. The van der Waals surface area contributed by atoms with Crippen molar-refractivity contribution in [3.05, 3.63) is 23.8 Å². The van der Waals surface area contributed by atoms with Crippen molar-refractivity contribution in [2.24, 2.45) is 5.73 Å². The van der Waals surface area contributed by atoms with Gasteiger partial charge in [-0.05, 0) is 30.5 Å². The molecule has 1 atom stereocenters. The molecule has 0 aliphatic heterocycles. The van der Waals surface area contributed by atoms with E-state index in [1.54, 1.807) is 14.2 Å². The summed E-state index contributed by atoms with van der Waals surface area (Å²) in [5.41, 5.74) is 6.56. The fraction of sp³-hybridized carbons (Fsp3) is 0.600. The molecular formula is C15H23NO3. The SMILES string of the molecule is COc1ccc(C2([C@H](O)CN)CCCC2)cc1OC. The number of nitrogens with two attached hydrogens (primary N) is 1. The van der Waals surface area contributed by atoms with Crippen LogP contribution in [0.25, 0.3) is 0 Å². The zero-order valence-electron chi connectivity index (χ0n) is 11.7. The van der Waals surface area contributed by atoms with E-state index < -0.39 is 6.10 Å². The third-order valence-electron chi connectivity index (χ3n) is 4.32. The van der Waals surface area contributed by atoms with Crippen molar-refractivity contribution in [1.82, 2.24) is 0 Å². The average Bonchev–Trinajstić information content (AvgIpc) is 2.96. The molecule has 0 aromatic heterocycles. The van der Waals surface area contributed by atoms with Crippen LogP contribution in [0.2, 0.25) is 0 Å². The van der Waals surface area contributed by atoms with Gasteiger partial charge in [0.25, 0.3) is 0 Å². The van der Waals surface area contributed by atoms with Crippen molar-refractivity contribution in [2.75, 3.05) is 20.8 Å². The molecule has 0 spiro atoms. The third kappa shape index (κ3) is 2.42. The molecule has 19 heavy (non-hydrogen) atoms. The highest BCUT2D eigenvalue weighted by atomic mass is 16.5. The topological polar surface area (TPSA) is 64.7 Å². The monoisotopic (exact) mass is 265 g/mol. The first-order chi connectivity index (χ1) is 9.17. The number of hydrogen-bond donors (Lipinski definition) is 2. The van der Waals surface area contributed by atoms with Crippen molar-refractivity contribution < 1.29 is 14.6 Å². The van der Waals surface area contributed by atoms with Gasteiger partial charge in [0.1, 0.15) is 0 Å². The lowest BCUT2D eigenvalue weighted by atomic mass is 9.74. The zero-order valence-corrected chi connectivity index (χ0v) is 11.7. The Morgan fingerprint density at radius 3 is 2.37 bits per heavy atom. The van der Waals surface area contributed by atoms with Crippen LogP contribution in [0.4, 0.5) is 0 Å². The lowest BCUT2D eigenvalue weighted by Crippen LogP contribution is -2.42. The second-order valence-corrected chi connectivity index (χ2v) is 5.18. The number of aliphatic hydroxyl groups excluding tert-OH is 1. The van der Waals surface area contributed by atoms with Gasteiger partial charge in [-0.2, -0.15) is 0 Å². The van der Waals surface area contributed by atoms with Crippen molar-refractivity contribution in [2.45, 2.75) is 37.2 Å². The summed E-state index contributed by atoms with van der Waals surface area (Å²) in [7, 11) is 3.25. The molecule has 4 nitrogen and oxygen atoms in total. The van der Waals surface area contributed by atoms with Crippen LogP contribution in [0.1, 0.15) is 31.2 Å². The lowest BCUT2D eigenvalue weighted by Gasteiger charge is -2.34. The van der Waals surface area contributed by atoms with E-state index in [9.17, 15) is 5.11 Å². The number of aliphatic hydroxyl groups is 1. The Kier molecular flexibility index (Phi) is 4.32. The van der Waals surface area contributed by atoms with Gasteiger partial charge < -0.3 is 20.3 Å².